The summed E-state index contributed by atoms with van der Waals surface area (Å²) in [6, 6.07) is 6.16. The van der Waals surface area contributed by atoms with Crippen LogP contribution >= 0.6 is 0 Å². The summed E-state index contributed by atoms with van der Waals surface area (Å²) in [4.78, 5) is 14.6. The predicted octanol–water partition coefficient (Wildman–Crippen LogP) is 2.98. The number of aromatic nitrogens is 3. The van der Waals surface area contributed by atoms with E-state index in [4.69, 9.17) is 14.2 Å². The van der Waals surface area contributed by atoms with Crippen LogP contribution in [0.25, 0.3) is 0 Å². The fraction of sp³-hybridized carbons (Fsp3) is 0.591. The number of hydrogen-bond acceptors (Lipinski definition) is 6. The number of likely N-dealkylation sites (tertiary alicyclic amines) is 1. The van der Waals surface area contributed by atoms with Gasteiger partial charge >= 0.3 is 0 Å². The second-order valence-electron chi connectivity index (χ2n) is 7.52. The summed E-state index contributed by atoms with van der Waals surface area (Å²) in [6.07, 6.45) is 2.96. The summed E-state index contributed by atoms with van der Waals surface area (Å²) < 4.78 is 18.8. The number of benzene rings is 1. The van der Waals surface area contributed by atoms with Gasteiger partial charge in [0.25, 0.3) is 5.91 Å². The van der Waals surface area contributed by atoms with Gasteiger partial charge in [0.15, 0.2) is 12.0 Å². The monoisotopic (exact) mass is 416 g/mol. The Balaban J connectivity index is 1.51. The van der Waals surface area contributed by atoms with Crippen LogP contribution in [-0.4, -0.2) is 64.5 Å². The number of nitrogens with zero attached hydrogens (tertiary/aromatic N) is 4. The van der Waals surface area contributed by atoms with Crippen molar-refractivity contribution in [3.05, 3.63) is 41.2 Å². The van der Waals surface area contributed by atoms with Crippen molar-refractivity contribution in [3.63, 3.8) is 0 Å². The van der Waals surface area contributed by atoms with Gasteiger partial charge in [-0.25, -0.2) is 4.68 Å². The molecule has 0 aliphatic carbocycles. The number of carbonyl (C=O) groups is 1. The molecule has 1 amide bonds. The highest BCUT2D eigenvalue weighted by atomic mass is 16.7. The second-order valence-corrected chi connectivity index (χ2v) is 7.52. The molecule has 0 bridgehead atoms. The van der Waals surface area contributed by atoms with Crippen molar-refractivity contribution in [1.29, 1.82) is 0 Å². The highest BCUT2D eigenvalue weighted by Gasteiger charge is 2.26. The van der Waals surface area contributed by atoms with Crippen LogP contribution in [-0.2, 0) is 16.0 Å². The summed E-state index contributed by atoms with van der Waals surface area (Å²) in [5.41, 5.74) is 2.82. The van der Waals surface area contributed by atoms with E-state index >= 15 is 0 Å². The Morgan fingerprint density at radius 2 is 1.83 bits per heavy atom. The quantitative estimate of drug-likeness (QED) is 0.585. The number of piperidine rings is 1. The topological polar surface area (TPSA) is 78.7 Å². The molecule has 2 heterocycles. The smallest absolute Gasteiger partial charge is 0.276 e. The molecule has 0 spiro atoms. The van der Waals surface area contributed by atoms with Gasteiger partial charge in [0, 0.05) is 39.1 Å². The summed E-state index contributed by atoms with van der Waals surface area (Å²) in [7, 11) is 0. The lowest BCUT2D eigenvalue weighted by atomic mass is 10.1. The number of ether oxygens (including phenoxy) is 3. The highest BCUT2D eigenvalue weighted by Crippen LogP contribution is 2.22. The van der Waals surface area contributed by atoms with Gasteiger partial charge in [0.2, 0.25) is 0 Å². The van der Waals surface area contributed by atoms with Crippen molar-refractivity contribution in [2.75, 3.05) is 26.3 Å². The van der Waals surface area contributed by atoms with Gasteiger partial charge in [-0.1, -0.05) is 11.3 Å². The molecule has 8 heteroatoms. The number of rotatable bonds is 9. The second kappa shape index (κ2) is 10.5. The van der Waals surface area contributed by atoms with Gasteiger partial charge in [-0.3, -0.25) is 4.79 Å². The molecule has 1 aromatic heterocycles. The lowest BCUT2D eigenvalue weighted by Crippen LogP contribution is -2.42. The van der Waals surface area contributed by atoms with Crippen LogP contribution in [0.2, 0.25) is 0 Å². The molecule has 0 unspecified atom stereocenters. The maximum Gasteiger partial charge on any atom is 0.276 e. The van der Waals surface area contributed by atoms with Crippen molar-refractivity contribution in [2.24, 2.45) is 0 Å². The van der Waals surface area contributed by atoms with Crippen molar-refractivity contribution >= 4 is 5.91 Å². The molecule has 0 radical (unpaired) electrons. The first kappa shape index (κ1) is 22.2. The summed E-state index contributed by atoms with van der Waals surface area (Å²) in [5.74, 6) is 0.791. The van der Waals surface area contributed by atoms with E-state index in [-0.39, 0.29) is 12.0 Å². The minimum atomic E-state index is -0.400. The van der Waals surface area contributed by atoms with Crippen LogP contribution in [0.4, 0.5) is 0 Å². The molecule has 8 nitrogen and oxygen atoms in total. The molecule has 30 heavy (non-hydrogen) atoms. The first-order chi connectivity index (χ1) is 14.5. The standard InChI is InChI=1S/C22H32N4O4/c1-5-28-21(29-6-2)15-26-14-20(23-24-26)22(27)25-11-9-18(10-12-25)30-19-8-7-16(3)17(4)13-19/h7-8,13-14,18,21H,5-6,9-12,15H2,1-4H3. The van der Waals surface area contributed by atoms with Crippen molar-refractivity contribution in [2.45, 2.75) is 59.5 Å². The zero-order valence-electron chi connectivity index (χ0n) is 18.3. The Kier molecular flexibility index (Phi) is 7.81. The van der Waals surface area contributed by atoms with Gasteiger partial charge in [0.05, 0.1) is 12.7 Å². The van der Waals surface area contributed by atoms with Crippen molar-refractivity contribution < 1.29 is 19.0 Å². The molecule has 1 aromatic carbocycles. The molecule has 1 aliphatic rings. The first-order valence-corrected chi connectivity index (χ1v) is 10.7. The van der Waals surface area contributed by atoms with Crippen LogP contribution in [0.15, 0.2) is 24.4 Å². The van der Waals surface area contributed by atoms with Gasteiger partial charge in [-0.2, -0.15) is 0 Å². The molecular formula is C22H32N4O4. The third-order valence-electron chi connectivity index (χ3n) is 5.31. The summed E-state index contributed by atoms with van der Waals surface area (Å²) in [5, 5.41) is 8.11. The molecule has 3 rings (SSSR count). The molecule has 164 valence electrons. The summed E-state index contributed by atoms with van der Waals surface area (Å²) >= 11 is 0. The fourth-order valence-corrected chi connectivity index (χ4v) is 3.48. The third-order valence-corrected chi connectivity index (χ3v) is 5.31. The molecule has 1 saturated heterocycles. The molecule has 0 saturated carbocycles. The summed E-state index contributed by atoms with van der Waals surface area (Å²) in [6.45, 7) is 10.8. The average Bonchev–Trinajstić information content (AvgIpc) is 3.20. The third kappa shape index (κ3) is 5.79. The normalized spacial score (nSPS) is 15.0. The van der Waals surface area contributed by atoms with Crippen molar-refractivity contribution in [1.82, 2.24) is 19.9 Å². The van der Waals surface area contributed by atoms with E-state index in [0.717, 1.165) is 18.6 Å². The Bertz CT molecular complexity index is 824. The van der Waals surface area contributed by atoms with Crippen LogP contribution in [0.3, 0.4) is 0 Å². The lowest BCUT2D eigenvalue weighted by molar-refractivity contribution is -0.145. The zero-order chi connectivity index (χ0) is 21.5. The SMILES string of the molecule is CCOC(Cn1cc(C(=O)N2CCC(Oc3ccc(C)c(C)c3)CC2)nn1)OCC. The first-order valence-electron chi connectivity index (χ1n) is 10.7. The van der Waals surface area contributed by atoms with Gasteiger partial charge in [-0.15, -0.1) is 5.10 Å². The van der Waals surface area contributed by atoms with Gasteiger partial charge < -0.3 is 19.1 Å². The van der Waals surface area contributed by atoms with E-state index in [1.807, 2.05) is 24.8 Å². The largest absolute Gasteiger partial charge is 0.490 e. The van der Waals surface area contributed by atoms with E-state index in [1.165, 1.54) is 11.1 Å². The van der Waals surface area contributed by atoms with Crippen molar-refractivity contribution in [3.8, 4) is 5.75 Å². The lowest BCUT2D eigenvalue weighted by Gasteiger charge is -2.31. The van der Waals surface area contributed by atoms with E-state index in [9.17, 15) is 4.79 Å². The van der Waals surface area contributed by atoms with Crippen LogP contribution in [0, 0.1) is 13.8 Å². The minimum absolute atomic E-state index is 0.102. The Hall–Kier alpha value is -2.45. The molecule has 0 N–H and O–H groups in total. The zero-order valence-corrected chi connectivity index (χ0v) is 18.3. The van der Waals surface area contributed by atoms with E-state index < -0.39 is 6.29 Å². The predicted molar refractivity (Wildman–Crippen MR) is 113 cm³/mol. The molecule has 1 aliphatic heterocycles. The van der Waals surface area contributed by atoms with Crippen LogP contribution in [0.1, 0.15) is 48.3 Å². The minimum Gasteiger partial charge on any atom is -0.490 e. The van der Waals surface area contributed by atoms with Gasteiger partial charge in [0.1, 0.15) is 11.9 Å². The Labute approximate surface area is 178 Å². The average molecular weight is 417 g/mol. The van der Waals surface area contributed by atoms with E-state index in [2.05, 4.69) is 36.3 Å². The molecule has 2 aromatic rings. The van der Waals surface area contributed by atoms with Crippen LogP contribution in [0.5, 0.6) is 5.75 Å². The highest BCUT2D eigenvalue weighted by molar-refractivity contribution is 5.92. The maximum atomic E-state index is 12.8. The Morgan fingerprint density at radius 1 is 1.13 bits per heavy atom. The van der Waals surface area contributed by atoms with Gasteiger partial charge in [-0.05, 0) is 51.0 Å². The number of hydrogen-bond donors (Lipinski definition) is 0. The molecule has 1 fully saturated rings. The Morgan fingerprint density at radius 3 is 2.47 bits per heavy atom. The fourth-order valence-electron chi connectivity index (χ4n) is 3.48. The number of carbonyl (C=O) groups excluding carboxylic acids is 1. The van der Waals surface area contributed by atoms with E-state index in [1.54, 1.807) is 10.9 Å². The molecule has 0 atom stereocenters. The number of amides is 1. The van der Waals surface area contributed by atoms with Crippen LogP contribution < -0.4 is 4.74 Å². The molecular weight excluding hydrogens is 384 g/mol. The maximum absolute atomic E-state index is 12.8. The van der Waals surface area contributed by atoms with E-state index in [0.29, 0.717) is 38.5 Å². The number of aryl methyl sites for hydroxylation is 2.